The number of hydrogen-bond acceptors (Lipinski definition) is 4. The summed E-state index contributed by atoms with van der Waals surface area (Å²) in [6.07, 6.45) is 1.42. The number of likely N-dealkylation sites (tertiary alicyclic amines) is 1. The van der Waals surface area contributed by atoms with Crippen molar-refractivity contribution in [3.8, 4) is 0 Å². The number of nitrogens with two attached hydrogens (primary N) is 1. The van der Waals surface area contributed by atoms with Crippen molar-refractivity contribution >= 4 is 17.8 Å². The first kappa shape index (κ1) is 17.0. The smallest absolute Gasteiger partial charge is 0.338 e. The molecule has 2 N–H and O–H groups in total. The molecule has 1 aromatic carbocycles. The summed E-state index contributed by atoms with van der Waals surface area (Å²) >= 11 is 0. The third-order valence-electron chi connectivity index (χ3n) is 4.12. The molecular formula is C17H22N2O4. The summed E-state index contributed by atoms with van der Waals surface area (Å²) < 4.78 is 5.13. The second-order valence-electron chi connectivity index (χ2n) is 5.98. The highest BCUT2D eigenvalue weighted by atomic mass is 16.5. The van der Waals surface area contributed by atoms with Crippen LogP contribution >= 0.6 is 0 Å². The van der Waals surface area contributed by atoms with E-state index in [-0.39, 0.29) is 18.4 Å². The molecule has 0 aliphatic carbocycles. The number of aryl methyl sites for hydroxylation is 2. The van der Waals surface area contributed by atoms with Crippen molar-refractivity contribution in [2.45, 2.75) is 26.7 Å². The first-order valence-electron chi connectivity index (χ1n) is 7.70. The van der Waals surface area contributed by atoms with E-state index in [1.807, 2.05) is 26.0 Å². The van der Waals surface area contributed by atoms with E-state index in [9.17, 15) is 14.4 Å². The van der Waals surface area contributed by atoms with Gasteiger partial charge in [0.2, 0.25) is 5.91 Å². The predicted molar refractivity (Wildman–Crippen MR) is 84.7 cm³/mol. The lowest BCUT2D eigenvalue weighted by Gasteiger charge is -2.31. The molecule has 0 radical (unpaired) electrons. The van der Waals surface area contributed by atoms with Crippen LogP contribution in [-0.2, 0) is 14.3 Å². The van der Waals surface area contributed by atoms with Crippen molar-refractivity contribution < 1.29 is 19.1 Å². The quantitative estimate of drug-likeness (QED) is 0.844. The lowest BCUT2D eigenvalue weighted by Crippen LogP contribution is -2.45. The van der Waals surface area contributed by atoms with Crippen molar-refractivity contribution in [2.75, 3.05) is 19.7 Å². The van der Waals surface area contributed by atoms with Gasteiger partial charge in [0.25, 0.3) is 5.91 Å². The number of nitrogens with zero attached hydrogens (tertiary/aromatic N) is 1. The van der Waals surface area contributed by atoms with Gasteiger partial charge in [-0.15, -0.1) is 0 Å². The average molecular weight is 318 g/mol. The molecule has 1 atom stereocenters. The highest BCUT2D eigenvalue weighted by Crippen LogP contribution is 2.16. The predicted octanol–water partition coefficient (Wildman–Crippen LogP) is 1.18. The van der Waals surface area contributed by atoms with Crippen molar-refractivity contribution in [1.82, 2.24) is 4.90 Å². The molecule has 0 saturated carbocycles. The first-order valence-corrected chi connectivity index (χ1v) is 7.70. The Kier molecular flexibility index (Phi) is 5.36. The van der Waals surface area contributed by atoms with Gasteiger partial charge in [0.15, 0.2) is 6.61 Å². The summed E-state index contributed by atoms with van der Waals surface area (Å²) in [6.45, 7) is 4.25. The molecule has 1 aliphatic heterocycles. The number of benzene rings is 1. The Balaban J connectivity index is 1.92. The minimum atomic E-state index is -0.511. The molecule has 1 aliphatic rings. The van der Waals surface area contributed by atoms with Crippen LogP contribution in [0.1, 0.15) is 34.3 Å². The molecule has 0 bridgehead atoms. The Labute approximate surface area is 135 Å². The summed E-state index contributed by atoms with van der Waals surface area (Å²) in [7, 11) is 0. The Morgan fingerprint density at radius 2 is 2.04 bits per heavy atom. The molecule has 2 amide bonds. The van der Waals surface area contributed by atoms with Gasteiger partial charge in [-0.1, -0.05) is 17.7 Å². The average Bonchev–Trinajstić information content (AvgIpc) is 2.54. The van der Waals surface area contributed by atoms with Gasteiger partial charge in [-0.3, -0.25) is 9.59 Å². The standard InChI is InChI=1S/C17H22N2O4/c1-11-5-6-12(2)14(8-11)17(22)23-10-15(20)19-7-3-4-13(9-19)16(18)21/h5-6,8,13H,3-4,7,9-10H2,1-2H3,(H2,18,21)/t13-/m0/s1. The molecule has 124 valence electrons. The number of amides is 2. The second kappa shape index (κ2) is 7.26. The van der Waals surface area contributed by atoms with Crippen LogP contribution in [0, 0.1) is 19.8 Å². The Morgan fingerprint density at radius 1 is 1.30 bits per heavy atom. The molecule has 1 saturated heterocycles. The Morgan fingerprint density at radius 3 is 2.74 bits per heavy atom. The van der Waals surface area contributed by atoms with Crippen LogP contribution < -0.4 is 5.73 Å². The van der Waals surface area contributed by atoms with Gasteiger partial charge in [0.05, 0.1) is 11.5 Å². The van der Waals surface area contributed by atoms with Crippen molar-refractivity contribution in [3.63, 3.8) is 0 Å². The van der Waals surface area contributed by atoms with Crippen LogP contribution in [0.5, 0.6) is 0 Å². The minimum Gasteiger partial charge on any atom is -0.452 e. The summed E-state index contributed by atoms with van der Waals surface area (Å²) in [4.78, 5) is 37.0. The first-order chi connectivity index (χ1) is 10.9. The largest absolute Gasteiger partial charge is 0.452 e. The number of piperidine rings is 1. The maximum Gasteiger partial charge on any atom is 0.338 e. The number of ether oxygens (including phenoxy) is 1. The zero-order chi connectivity index (χ0) is 17.0. The molecule has 0 aromatic heterocycles. The minimum absolute atomic E-state index is 0.297. The lowest BCUT2D eigenvalue weighted by atomic mass is 9.97. The zero-order valence-corrected chi connectivity index (χ0v) is 13.5. The summed E-state index contributed by atoms with van der Waals surface area (Å²) in [6, 6.07) is 5.50. The number of hydrogen-bond donors (Lipinski definition) is 1. The molecule has 2 rings (SSSR count). The van der Waals surface area contributed by atoms with Gasteiger partial charge >= 0.3 is 5.97 Å². The topological polar surface area (TPSA) is 89.7 Å². The van der Waals surface area contributed by atoms with E-state index < -0.39 is 11.9 Å². The summed E-state index contributed by atoms with van der Waals surface area (Å²) in [5.74, 6) is -1.52. The second-order valence-corrected chi connectivity index (χ2v) is 5.98. The van der Waals surface area contributed by atoms with Gasteiger partial charge in [0, 0.05) is 13.1 Å². The van der Waals surface area contributed by atoms with Gasteiger partial charge < -0.3 is 15.4 Å². The third kappa shape index (κ3) is 4.31. The highest BCUT2D eigenvalue weighted by molar-refractivity contribution is 5.93. The van der Waals surface area contributed by atoms with Crippen LogP contribution in [0.15, 0.2) is 18.2 Å². The molecule has 23 heavy (non-hydrogen) atoms. The Bertz CT molecular complexity index is 627. The van der Waals surface area contributed by atoms with E-state index in [4.69, 9.17) is 10.5 Å². The van der Waals surface area contributed by atoms with Crippen LogP contribution in [0.2, 0.25) is 0 Å². The van der Waals surface area contributed by atoms with E-state index in [0.717, 1.165) is 17.5 Å². The van der Waals surface area contributed by atoms with Crippen LogP contribution in [-0.4, -0.2) is 42.4 Å². The van der Waals surface area contributed by atoms with Crippen LogP contribution in [0.25, 0.3) is 0 Å². The van der Waals surface area contributed by atoms with Crippen molar-refractivity contribution in [2.24, 2.45) is 11.7 Å². The van der Waals surface area contributed by atoms with E-state index in [2.05, 4.69) is 0 Å². The molecule has 1 aromatic rings. The number of esters is 1. The summed E-state index contributed by atoms with van der Waals surface area (Å²) in [5, 5.41) is 0. The number of carbonyl (C=O) groups is 3. The van der Waals surface area contributed by atoms with Gasteiger partial charge in [-0.25, -0.2) is 4.79 Å². The molecule has 6 nitrogen and oxygen atoms in total. The van der Waals surface area contributed by atoms with E-state index in [1.54, 1.807) is 6.07 Å². The van der Waals surface area contributed by atoms with E-state index >= 15 is 0 Å². The van der Waals surface area contributed by atoms with E-state index in [1.165, 1.54) is 4.90 Å². The fourth-order valence-corrected chi connectivity index (χ4v) is 2.69. The SMILES string of the molecule is Cc1ccc(C)c(C(=O)OCC(=O)N2CCC[C@H](C(N)=O)C2)c1. The monoisotopic (exact) mass is 318 g/mol. The fraction of sp³-hybridized carbons (Fsp3) is 0.471. The highest BCUT2D eigenvalue weighted by Gasteiger charge is 2.27. The molecular weight excluding hydrogens is 296 g/mol. The molecule has 0 unspecified atom stereocenters. The normalized spacial score (nSPS) is 17.7. The van der Waals surface area contributed by atoms with Gasteiger partial charge in [-0.05, 0) is 38.3 Å². The van der Waals surface area contributed by atoms with Crippen molar-refractivity contribution in [1.29, 1.82) is 0 Å². The number of rotatable bonds is 4. The van der Waals surface area contributed by atoms with Crippen molar-refractivity contribution in [3.05, 3.63) is 34.9 Å². The summed E-state index contributed by atoms with van der Waals surface area (Å²) in [5.41, 5.74) is 7.52. The third-order valence-corrected chi connectivity index (χ3v) is 4.12. The zero-order valence-electron chi connectivity index (χ0n) is 13.5. The fourth-order valence-electron chi connectivity index (χ4n) is 2.69. The van der Waals surface area contributed by atoms with Gasteiger partial charge in [-0.2, -0.15) is 0 Å². The molecule has 1 heterocycles. The number of carbonyl (C=O) groups excluding carboxylic acids is 3. The maximum atomic E-state index is 12.2. The van der Waals surface area contributed by atoms with Crippen LogP contribution in [0.4, 0.5) is 0 Å². The molecule has 0 spiro atoms. The molecule has 1 fully saturated rings. The van der Waals surface area contributed by atoms with Gasteiger partial charge in [0.1, 0.15) is 0 Å². The molecule has 6 heteroatoms. The Hall–Kier alpha value is -2.37. The lowest BCUT2D eigenvalue weighted by molar-refractivity contribution is -0.137. The maximum absolute atomic E-state index is 12.2. The van der Waals surface area contributed by atoms with Crippen LogP contribution in [0.3, 0.4) is 0 Å². The van der Waals surface area contributed by atoms with E-state index in [0.29, 0.717) is 25.1 Å². The number of primary amides is 1.